The molecular formula is C22H22ClN5O2S. The van der Waals surface area contributed by atoms with Crippen molar-refractivity contribution < 1.29 is 9.59 Å². The molecule has 1 N–H and O–H groups in total. The number of halogens is 1. The molecular weight excluding hydrogens is 434 g/mol. The first-order chi connectivity index (χ1) is 14.8. The van der Waals surface area contributed by atoms with Gasteiger partial charge in [0, 0.05) is 44.6 Å². The molecule has 0 radical (unpaired) electrons. The third kappa shape index (κ3) is 4.55. The van der Waals surface area contributed by atoms with Crippen LogP contribution in [0.15, 0.2) is 36.4 Å². The molecule has 0 saturated heterocycles. The van der Waals surface area contributed by atoms with Gasteiger partial charge in [0.15, 0.2) is 10.9 Å². The summed E-state index contributed by atoms with van der Waals surface area (Å²) in [4.78, 5) is 35.0. The van der Waals surface area contributed by atoms with Crippen LogP contribution in [0.4, 0.5) is 11.1 Å². The summed E-state index contributed by atoms with van der Waals surface area (Å²) < 4.78 is 2.92. The number of imidazole rings is 1. The van der Waals surface area contributed by atoms with E-state index in [9.17, 15) is 9.59 Å². The van der Waals surface area contributed by atoms with E-state index in [2.05, 4.69) is 15.3 Å². The predicted octanol–water partition coefficient (Wildman–Crippen LogP) is 5.02. The van der Waals surface area contributed by atoms with Crippen molar-refractivity contribution in [1.82, 2.24) is 19.4 Å². The number of ketones is 1. The van der Waals surface area contributed by atoms with Gasteiger partial charge < -0.3 is 14.8 Å². The molecule has 0 aliphatic rings. The zero-order valence-corrected chi connectivity index (χ0v) is 19.0. The fourth-order valence-corrected chi connectivity index (χ4v) is 4.44. The number of thiazole rings is 1. The molecule has 160 valence electrons. The molecule has 1 amide bonds. The second-order valence-corrected chi connectivity index (χ2v) is 8.99. The van der Waals surface area contributed by atoms with Crippen molar-refractivity contribution >= 4 is 67.0 Å². The van der Waals surface area contributed by atoms with Gasteiger partial charge in [-0.1, -0.05) is 22.9 Å². The SMILES string of the molecule is CN(C)C(=O)CCCC(=O)c1ccc2c(c1)nc(Nc1nc3ccc(Cl)cc3s1)n2C. The van der Waals surface area contributed by atoms with Crippen molar-refractivity contribution in [2.45, 2.75) is 19.3 Å². The van der Waals surface area contributed by atoms with Crippen LogP contribution in [-0.2, 0) is 11.8 Å². The number of benzene rings is 2. The highest BCUT2D eigenvalue weighted by Crippen LogP contribution is 2.31. The number of carbonyl (C=O) groups excluding carboxylic acids is 2. The topological polar surface area (TPSA) is 80.1 Å². The van der Waals surface area contributed by atoms with Gasteiger partial charge >= 0.3 is 0 Å². The number of nitrogens with one attached hydrogen (secondary N) is 1. The second-order valence-electron chi connectivity index (χ2n) is 7.52. The maximum Gasteiger partial charge on any atom is 0.222 e. The van der Waals surface area contributed by atoms with Crippen LogP contribution in [0.3, 0.4) is 0 Å². The molecule has 0 spiro atoms. The second kappa shape index (κ2) is 8.64. The lowest BCUT2D eigenvalue weighted by Crippen LogP contribution is -2.21. The number of fused-ring (bicyclic) bond motifs is 2. The van der Waals surface area contributed by atoms with Crippen molar-refractivity contribution in [2.75, 3.05) is 19.4 Å². The maximum absolute atomic E-state index is 12.6. The number of Topliss-reactive ketones (excluding diaryl/α,β-unsaturated/α-hetero) is 1. The zero-order valence-electron chi connectivity index (χ0n) is 17.5. The first-order valence-corrected chi connectivity index (χ1v) is 11.0. The third-order valence-electron chi connectivity index (χ3n) is 5.07. The molecule has 7 nitrogen and oxygen atoms in total. The van der Waals surface area contributed by atoms with E-state index in [1.54, 1.807) is 25.1 Å². The third-order valence-corrected chi connectivity index (χ3v) is 6.23. The molecule has 0 bridgehead atoms. The van der Waals surface area contributed by atoms with Crippen molar-refractivity contribution in [1.29, 1.82) is 0 Å². The van der Waals surface area contributed by atoms with Crippen LogP contribution in [0.25, 0.3) is 21.3 Å². The molecule has 9 heteroatoms. The van der Waals surface area contributed by atoms with Crippen LogP contribution >= 0.6 is 22.9 Å². The Bertz CT molecular complexity index is 1290. The molecule has 4 rings (SSSR count). The molecule has 2 aromatic heterocycles. The summed E-state index contributed by atoms with van der Waals surface area (Å²) in [6.45, 7) is 0. The van der Waals surface area contributed by atoms with E-state index in [0.717, 1.165) is 26.4 Å². The largest absolute Gasteiger partial charge is 0.349 e. The lowest BCUT2D eigenvalue weighted by Gasteiger charge is -2.09. The first kappa shape index (κ1) is 21.3. The lowest BCUT2D eigenvalue weighted by atomic mass is 10.0. The van der Waals surface area contributed by atoms with Crippen LogP contribution in [0.1, 0.15) is 29.6 Å². The quantitative estimate of drug-likeness (QED) is 0.396. The molecule has 2 aromatic carbocycles. The average molecular weight is 456 g/mol. The maximum atomic E-state index is 12.6. The Morgan fingerprint density at radius 2 is 1.90 bits per heavy atom. The van der Waals surface area contributed by atoms with Crippen LogP contribution in [0.5, 0.6) is 0 Å². The van der Waals surface area contributed by atoms with Crippen LogP contribution in [-0.4, -0.2) is 45.2 Å². The lowest BCUT2D eigenvalue weighted by molar-refractivity contribution is -0.128. The van der Waals surface area contributed by atoms with Gasteiger partial charge in [0.1, 0.15) is 0 Å². The van der Waals surface area contributed by atoms with E-state index < -0.39 is 0 Å². The summed E-state index contributed by atoms with van der Waals surface area (Å²) >= 11 is 7.56. The Morgan fingerprint density at radius 3 is 2.68 bits per heavy atom. The summed E-state index contributed by atoms with van der Waals surface area (Å²) in [6, 6.07) is 11.1. The van der Waals surface area contributed by atoms with Gasteiger partial charge in [-0.3, -0.25) is 9.59 Å². The molecule has 31 heavy (non-hydrogen) atoms. The Morgan fingerprint density at radius 1 is 1.10 bits per heavy atom. The Balaban J connectivity index is 1.51. The minimum absolute atomic E-state index is 0.0108. The Kier molecular flexibility index (Phi) is 5.93. The van der Waals surface area contributed by atoms with Crippen LogP contribution in [0, 0.1) is 0 Å². The molecule has 0 aliphatic heterocycles. The van der Waals surface area contributed by atoms with Crippen LogP contribution in [0.2, 0.25) is 5.02 Å². The number of aryl methyl sites for hydroxylation is 1. The molecule has 4 aromatic rings. The number of rotatable bonds is 7. The smallest absolute Gasteiger partial charge is 0.222 e. The van der Waals surface area contributed by atoms with E-state index >= 15 is 0 Å². The standard InChI is InChI=1S/C22H22ClN5O2S/c1-27(2)20(30)6-4-5-18(29)13-7-10-17-16(11-13)24-21(28(17)3)26-22-25-15-9-8-14(23)12-19(15)31-22/h7-12H,4-6H2,1-3H3,(H,24,25,26). The fraction of sp³-hybridized carbons (Fsp3) is 0.273. The summed E-state index contributed by atoms with van der Waals surface area (Å²) in [5.74, 6) is 0.679. The summed E-state index contributed by atoms with van der Waals surface area (Å²) in [7, 11) is 5.35. The van der Waals surface area contributed by atoms with Gasteiger partial charge in [-0.2, -0.15) is 0 Å². The minimum Gasteiger partial charge on any atom is -0.349 e. The summed E-state index contributed by atoms with van der Waals surface area (Å²) in [5.41, 5.74) is 3.11. The molecule has 0 fully saturated rings. The normalized spacial score (nSPS) is 11.2. The van der Waals surface area contributed by atoms with Gasteiger partial charge in [0.05, 0.1) is 21.3 Å². The fourth-order valence-electron chi connectivity index (χ4n) is 3.30. The monoisotopic (exact) mass is 455 g/mol. The first-order valence-electron chi connectivity index (χ1n) is 9.85. The number of carbonyl (C=O) groups is 2. The average Bonchev–Trinajstić information content (AvgIpc) is 3.27. The van der Waals surface area contributed by atoms with E-state index in [1.165, 1.54) is 11.3 Å². The number of anilines is 2. The molecule has 2 heterocycles. The highest BCUT2D eigenvalue weighted by Gasteiger charge is 2.14. The summed E-state index contributed by atoms with van der Waals surface area (Å²) in [6.07, 6.45) is 1.23. The number of hydrogen-bond acceptors (Lipinski definition) is 6. The Hall–Kier alpha value is -2.97. The number of nitrogens with zero attached hydrogens (tertiary/aromatic N) is 4. The van der Waals surface area contributed by atoms with E-state index in [0.29, 0.717) is 35.8 Å². The predicted molar refractivity (Wildman–Crippen MR) is 126 cm³/mol. The number of amides is 1. The molecule has 0 aliphatic carbocycles. The minimum atomic E-state index is 0.0108. The van der Waals surface area contributed by atoms with E-state index in [1.807, 2.05) is 41.9 Å². The zero-order chi connectivity index (χ0) is 22.1. The van der Waals surface area contributed by atoms with Crippen molar-refractivity contribution in [3.63, 3.8) is 0 Å². The molecule has 0 saturated carbocycles. The van der Waals surface area contributed by atoms with Crippen molar-refractivity contribution in [3.8, 4) is 0 Å². The van der Waals surface area contributed by atoms with Gasteiger partial charge in [-0.05, 0) is 42.8 Å². The van der Waals surface area contributed by atoms with Gasteiger partial charge in [-0.25, -0.2) is 9.97 Å². The van der Waals surface area contributed by atoms with E-state index in [4.69, 9.17) is 11.6 Å². The summed E-state index contributed by atoms with van der Waals surface area (Å²) in [5, 5.41) is 4.66. The van der Waals surface area contributed by atoms with E-state index in [-0.39, 0.29) is 11.7 Å². The number of aromatic nitrogens is 3. The van der Waals surface area contributed by atoms with Gasteiger partial charge in [0.2, 0.25) is 11.9 Å². The van der Waals surface area contributed by atoms with Crippen molar-refractivity contribution in [2.24, 2.45) is 7.05 Å². The van der Waals surface area contributed by atoms with Crippen molar-refractivity contribution in [3.05, 3.63) is 47.0 Å². The highest BCUT2D eigenvalue weighted by atomic mass is 35.5. The van der Waals surface area contributed by atoms with Gasteiger partial charge in [0.25, 0.3) is 0 Å². The van der Waals surface area contributed by atoms with Crippen LogP contribution < -0.4 is 5.32 Å². The van der Waals surface area contributed by atoms with Gasteiger partial charge in [-0.15, -0.1) is 0 Å². The molecule has 0 unspecified atom stereocenters. The number of hydrogen-bond donors (Lipinski definition) is 1. The Labute approximate surface area is 188 Å². The highest BCUT2D eigenvalue weighted by molar-refractivity contribution is 7.22. The molecule has 0 atom stereocenters.